The van der Waals surface area contributed by atoms with E-state index in [-0.39, 0.29) is 12.0 Å². The lowest BCUT2D eigenvalue weighted by molar-refractivity contribution is 0.355. The lowest BCUT2D eigenvalue weighted by Gasteiger charge is -2.37. The maximum atomic E-state index is 6.13. The predicted octanol–water partition coefficient (Wildman–Crippen LogP) is 3.31. The van der Waals surface area contributed by atoms with Gasteiger partial charge in [-0.05, 0) is 42.3 Å². The minimum absolute atomic E-state index is 0.222. The predicted molar refractivity (Wildman–Crippen MR) is 134 cm³/mol. The molecule has 174 valence electrons. The topological polar surface area (TPSA) is 98.4 Å². The van der Waals surface area contributed by atoms with Crippen molar-refractivity contribution in [2.75, 3.05) is 44.5 Å². The molecule has 0 aliphatic carbocycles. The zero-order valence-corrected chi connectivity index (χ0v) is 19.4. The Morgan fingerprint density at radius 3 is 2.59 bits per heavy atom. The molecular weight excluding hydrogens is 428 g/mol. The standard InChI is InChI=1S/C26H28N6O2/c1-33-22-11-8-18(15-23(22)34-2)20-9-10-21-24(29-20)25(31-26(27)30-21)32-13-12-28-16-19(32)14-17-6-4-3-5-7-17/h3-11,15,19,28H,12-14,16H2,1-2H3,(H2,27,30,31). The van der Waals surface area contributed by atoms with Crippen LogP contribution in [0, 0.1) is 0 Å². The van der Waals surface area contributed by atoms with Crippen molar-refractivity contribution in [1.29, 1.82) is 0 Å². The Morgan fingerprint density at radius 1 is 0.971 bits per heavy atom. The number of nitrogens with one attached hydrogen (secondary N) is 1. The second-order valence-electron chi connectivity index (χ2n) is 8.28. The van der Waals surface area contributed by atoms with Crippen molar-refractivity contribution in [2.24, 2.45) is 0 Å². The first-order valence-electron chi connectivity index (χ1n) is 11.3. The summed E-state index contributed by atoms with van der Waals surface area (Å²) in [5.74, 6) is 2.35. The van der Waals surface area contributed by atoms with Crippen molar-refractivity contribution in [3.05, 3.63) is 66.2 Å². The van der Waals surface area contributed by atoms with Gasteiger partial charge in [-0.3, -0.25) is 0 Å². The number of nitrogens with two attached hydrogens (primary N) is 1. The third-order valence-corrected chi connectivity index (χ3v) is 6.16. The fourth-order valence-electron chi connectivity index (χ4n) is 4.48. The molecule has 2 aromatic carbocycles. The third kappa shape index (κ3) is 4.32. The minimum Gasteiger partial charge on any atom is -0.493 e. The fourth-order valence-corrected chi connectivity index (χ4v) is 4.48. The zero-order valence-electron chi connectivity index (χ0n) is 19.4. The van der Waals surface area contributed by atoms with Gasteiger partial charge < -0.3 is 25.4 Å². The van der Waals surface area contributed by atoms with Crippen molar-refractivity contribution >= 4 is 22.8 Å². The van der Waals surface area contributed by atoms with Gasteiger partial charge in [-0.2, -0.15) is 4.98 Å². The van der Waals surface area contributed by atoms with Crippen LogP contribution in [0.1, 0.15) is 5.56 Å². The van der Waals surface area contributed by atoms with Gasteiger partial charge in [0.1, 0.15) is 5.52 Å². The number of nitrogens with zero attached hydrogens (tertiary/aromatic N) is 4. The van der Waals surface area contributed by atoms with Crippen LogP contribution in [0.15, 0.2) is 60.7 Å². The molecule has 8 heteroatoms. The average molecular weight is 457 g/mol. The van der Waals surface area contributed by atoms with Crippen LogP contribution in [-0.2, 0) is 6.42 Å². The van der Waals surface area contributed by atoms with E-state index in [1.807, 2.05) is 36.4 Å². The zero-order chi connectivity index (χ0) is 23.5. The van der Waals surface area contributed by atoms with Gasteiger partial charge in [0.05, 0.1) is 25.4 Å². The summed E-state index contributed by atoms with van der Waals surface area (Å²) in [5, 5.41) is 3.52. The normalized spacial score (nSPS) is 15.9. The maximum Gasteiger partial charge on any atom is 0.222 e. The average Bonchev–Trinajstić information content (AvgIpc) is 2.88. The first kappa shape index (κ1) is 21.9. The summed E-state index contributed by atoms with van der Waals surface area (Å²) in [4.78, 5) is 16.4. The van der Waals surface area contributed by atoms with Gasteiger partial charge in [-0.1, -0.05) is 30.3 Å². The van der Waals surface area contributed by atoms with Crippen molar-refractivity contribution < 1.29 is 9.47 Å². The Labute approximate surface area is 198 Å². The molecule has 0 saturated carbocycles. The molecule has 1 unspecified atom stereocenters. The lowest BCUT2D eigenvalue weighted by atomic mass is 10.0. The number of hydrogen-bond acceptors (Lipinski definition) is 8. The van der Waals surface area contributed by atoms with E-state index in [9.17, 15) is 0 Å². The van der Waals surface area contributed by atoms with Crippen molar-refractivity contribution in [3.63, 3.8) is 0 Å². The number of methoxy groups -OCH3 is 2. The summed E-state index contributed by atoms with van der Waals surface area (Å²) in [5.41, 5.74) is 10.6. The highest BCUT2D eigenvalue weighted by Gasteiger charge is 2.26. The summed E-state index contributed by atoms with van der Waals surface area (Å²) in [6.45, 7) is 2.53. The van der Waals surface area contributed by atoms with Gasteiger partial charge in [0, 0.05) is 31.2 Å². The smallest absolute Gasteiger partial charge is 0.222 e. The molecule has 34 heavy (non-hydrogen) atoms. The van der Waals surface area contributed by atoms with Crippen LogP contribution < -0.4 is 25.4 Å². The molecule has 3 N–H and O–H groups in total. The molecule has 0 amide bonds. The van der Waals surface area contributed by atoms with Crippen LogP contribution in [0.3, 0.4) is 0 Å². The molecule has 0 spiro atoms. The van der Waals surface area contributed by atoms with Crippen molar-refractivity contribution in [3.8, 4) is 22.8 Å². The monoisotopic (exact) mass is 456 g/mol. The second kappa shape index (κ2) is 9.52. The van der Waals surface area contributed by atoms with E-state index in [0.717, 1.165) is 54.2 Å². The Hall–Kier alpha value is -3.91. The van der Waals surface area contributed by atoms with E-state index in [2.05, 4.69) is 44.5 Å². The molecule has 1 aliphatic heterocycles. The summed E-state index contributed by atoms with van der Waals surface area (Å²) >= 11 is 0. The van der Waals surface area contributed by atoms with Crippen LogP contribution in [0.25, 0.3) is 22.3 Å². The van der Waals surface area contributed by atoms with Gasteiger partial charge in [-0.15, -0.1) is 0 Å². The molecule has 2 aromatic heterocycles. The summed E-state index contributed by atoms with van der Waals surface area (Å²) in [6, 6.07) is 20.4. The number of pyridine rings is 1. The molecule has 4 aromatic rings. The van der Waals surface area contributed by atoms with E-state index in [1.54, 1.807) is 14.2 Å². The van der Waals surface area contributed by atoms with Crippen LogP contribution >= 0.6 is 0 Å². The van der Waals surface area contributed by atoms with Gasteiger partial charge in [0.25, 0.3) is 0 Å². The molecule has 1 fully saturated rings. The molecule has 8 nitrogen and oxygen atoms in total. The SMILES string of the molecule is COc1ccc(-c2ccc3nc(N)nc(N4CCNCC4Cc4ccccc4)c3n2)cc1OC. The van der Waals surface area contributed by atoms with Crippen LogP contribution in [-0.4, -0.2) is 54.8 Å². The molecule has 1 saturated heterocycles. The Kier molecular flexibility index (Phi) is 6.14. The summed E-state index contributed by atoms with van der Waals surface area (Å²) in [7, 11) is 3.25. The highest BCUT2D eigenvalue weighted by atomic mass is 16.5. The maximum absolute atomic E-state index is 6.13. The van der Waals surface area contributed by atoms with E-state index in [4.69, 9.17) is 20.2 Å². The van der Waals surface area contributed by atoms with E-state index in [0.29, 0.717) is 11.5 Å². The minimum atomic E-state index is 0.222. The van der Waals surface area contributed by atoms with Crippen molar-refractivity contribution in [1.82, 2.24) is 20.3 Å². The quantitative estimate of drug-likeness (QED) is 0.456. The number of nitrogen functional groups attached to an aromatic ring is 1. The van der Waals surface area contributed by atoms with E-state index >= 15 is 0 Å². The first-order chi connectivity index (χ1) is 16.7. The van der Waals surface area contributed by atoms with E-state index in [1.165, 1.54) is 5.56 Å². The molecule has 1 aliphatic rings. The van der Waals surface area contributed by atoms with Gasteiger partial charge in [0.15, 0.2) is 17.3 Å². The molecule has 0 bridgehead atoms. The van der Waals surface area contributed by atoms with Crippen LogP contribution in [0.2, 0.25) is 0 Å². The highest BCUT2D eigenvalue weighted by molar-refractivity contribution is 5.89. The van der Waals surface area contributed by atoms with Gasteiger partial charge in [-0.25, -0.2) is 9.97 Å². The lowest BCUT2D eigenvalue weighted by Crippen LogP contribution is -2.52. The Morgan fingerprint density at radius 2 is 1.79 bits per heavy atom. The number of anilines is 2. The third-order valence-electron chi connectivity index (χ3n) is 6.16. The summed E-state index contributed by atoms with van der Waals surface area (Å²) < 4.78 is 10.9. The Bertz CT molecular complexity index is 1300. The molecule has 3 heterocycles. The second-order valence-corrected chi connectivity index (χ2v) is 8.28. The van der Waals surface area contributed by atoms with Crippen LogP contribution in [0.5, 0.6) is 11.5 Å². The molecule has 5 rings (SSSR count). The number of benzene rings is 2. The number of piperazine rings is 1. The number of hydrogen-bond donors (Lipinski definition) is 2. The largest absolute Gasteiger partial charge is 0.493 e. The fraction of sp³-hybridized carbons (Fsp3) is 0.269. The van der Waals surface area contributed by atoms with Gasteiger partial charge in [0.2, 0.25) is 5.95 Å². The first-order valence-corrected chi connectivity index (χ1v) is 11.3. The van der Waals surface area contributed by atoms with Crippen molar-refractivity contribution in [2.45, 2.75) is 12.5 Å². The molecule has 0 radical (unpaired) electrons. The number of rotatable bonds is 6. The molecule has 1 atom stereocenters. The Balaban J connectivity index is 1.57. The number of ether oxygens (including phenoxy) is 2. The summed E-state index contributed by atoms with van der Waals surface area (Å²) in [6.07, 6.45) is 0.897. The molecular formula is C26H28N6O2. The van der Waals surface area contributed by atoms with Crippen LogP contribution in [0.4, 0.5) is 11.8 Å². The highest BCUT2D eigenvalue weighted by Crippen LogP contribution is 2.33. The van der Waals surface area contributed by atoms with E-state index < -0.39 is 0 Å². The number of aromatic nitrogens is 3. The van der Waals surface area contributed by atoms with Gasteiger partial charge >= 0.3 is 0 Å². The number of fused-ring (bicyclic) bond motifs is 1.